The van der Waals surface area contributed by atoms with E-state index < -0.39 is 0 Å². The van der Waals surface area contributed by atoms with Crippen LogP contribution >= 0.6 is 0 Å². The maximum absolute atomic E-state index is 9.29. The van der Waals surface area contributed by atoms with E-state index in [2.05, 4.69) is 29.3 Å². The SMILES string of the molecule is CCCCCCCCCCCCc1ccccc1N=Nc1ccc(N)c(CCO)c1C. The van der Waals surface area contributed by atoms with Gasteiger partial charge >= 0.3 is 0 Å². The summed E-state index contributed by atoms with van der Waals surface area (Å²) < 4.78 is 0. The van der Waals surface area contributed by atoms with E-state index in [0.717, 1.165) is 28.9 Å². The van der Waals surface area contributed by atoms with E-state index in [1.807, 2.05) is 31.2 Å². The average Bonchev–Trinajstić information content (AvgIpc) is 2.78. The second-order valence-corrected chi connectivity index (χ2v) is 8.51. The summed E-state index contributed by atoms with van der Waals surface area (Å²) in [6, 6.07) is 12.1. The monoisotopic (exact) mass is 423 g/mol. The van der Waals surface area contributed by atoms with Crippen molar-refractivity contribution < 1.29 is 5.11 Å². The standard InChI is InChI=1S/C27H41N3O/c1-3-4-5-6-7-8-9-10-11-12-15-23-16-13-14-17-27(23)30-29-26-19-18-25(28)24(20-21-31)22(26)2/h13-14,16-19,31H,3-12,15,20-21,28H2,1-2H3. The highest BCUT2D eigenvalue weighted by Crippen LogP contribution is 2.30. The van der Waals surface area contributed by atoms with E-state index in [1.54, 1.807) is 0 Å². The Labute approximate surface area is 189 Å². The number of anilines is 1. The first kappa shape index (κ1) is 25.1. The van der Waals surface area contributed by atoms with Crippen LogP contribution < -0.4 is 5.73 Å². The van der Waals surface area contributed by atoms with Crippen LogP contribution in [0.5, 0.6) is 0 Å². The summed E-state index contributed by atoms with van der Waals surface area (Å²) in [5, 5.41) is 18.3. The van der Waals surface area contributed by atoms with Crippen molar-refractivity contribution in [1.82, 2.24) is 0 Å². The minimum absolute atomic E-state index is 0.0767. The van der Waals surface area contributed by atoms with E-state index in [0.29, 0.717) is 12.1 Å². The zero-order chi connectivity index (χ0) is 22.3. The molecular weight excluding hydrogens is 382 g/mol. The zero-order valence-corrected chi connectivity index (χ0v) is 19.6. The van der Waals surface area contributed by atoms with Gasteiger partial charge in [-0.2, -0.15) is 10.2 Å². The van der Waals surface area contributed by atoms with Gasteiger partial charge in [0.15, 0.2) is 0 Å². The van der Waals surface area contributed by atoms with Crippen LogP contribution in [0.4, 0.5) is 17.1 Å². The van der Waals surface area contributed by atoms with E-state index in [4.69, 9.17) is 5.73 Å². The molecular formula is C27H41N3O. The van der Waals surface area contributed by atoms with Crippen LogP contribution in [0, 0.1) is 6.92 Å². The highest BCUT2D eigenvalue weighted by atomic mass is 16.2. The van der Waals surface area contributed by atoms with Crippen LogP contribution in [-0.2, 0) is 12.8 Å². The molecule has 0 saturated heterocycles. The maximum Gasteiger partial charge on any atom is 0.0890 e. The summed E-state index contributed by atoms with van der Waals surface area (Å²) in [4.78, 5) is 0. The molecule has 0 saturated carbocycles. The number of nitrogens with zero attached hydrogens (tertiary/aromatic N) is 2. The number of hydrogen-bond acceptors (Lipinski definition) is 4. The number of hydrogen-bond donors (Lipinski definition) is 2. The lowest BCUT2D eigenvalue weighted by Gasteiger charge is -2.10. The van der Waals surface area contributed by atoms with Gasteiger partial charge in [0.05, 0.1) is 11.4 Å². The Hall–Kier alpha value is -2.20. The number of rotatable bonds is 15. The van der Waals surface area contributed by atoms with Crippen LogP contribution in [0.2, 0.25) is 0 Å². The lowest BCUT2D eigenvalue weighted by Crippen LogP contribution is -2.00. The average molecular weight is 424 g/mol. The van der Waals surface area contributed by atoms with Gasteiger partial charge in [-0.3, -0.25) is 0 Å². The third kappa shape index (κ3) is 8.82. The van der Waals surface area contributed by atoms with E-state index in [9.17, 15) is 5.11 Å². The van der Waals surface area contributed by atoms with Crippen molar-refractivity contribution in [3.8, 4) is 0 Å². The molecule has 0 aliphatic heterocycles. The zero-order valence-electron chi connectivity index (χ0n) is 19.6. The Bertz CT molecular complexity index is 801. The summed E-state index contributed by atoms with van der Waals surface area (Å²) in [6.45, 7) is 4.34. The first-order chi connectivity index (χ1) is 15.2. The molecule has 0 aliphatic carbocycles. The fourth-order valence-corrected chi connectivity index (χ4v) is 4.05. The van der Waals surface area contributed by atoms with E-state index in [1.165, 1.54) is 69.8 Å². The second-order valence-electron chi connectivity index (χ2n) is 8.51. The second kappa shape index (κ2) is 14.7. The normalized spacial score (nSPS) is 11.5. The highest BCUT2D eigenvalue weighted by molar-refractivity contribution is 5.61. The predicted octanol–water partition coefficient (Wildman–Crippen LogP) is 7.99. The maximum atomic E-state index is 9.29. The molecule has 0 atom stereocenters. The third-order valence-corrected chi connectivity index (χ3v) is 6.02. The van der Waals surface area contributed by atoms with Crippen molar-refractivity contribution in [3.63, 3.8) is 0 Å². The number of nitrogens with two attached hydrogens (primary N) is 1. The predicted molar refractivity (Wildman–Crippen MR) is 133 cm³/mol. The fourth-order valence-electron chi connectivity index (χ4n) is 4.05. The molecule has 170 valence electrons. The lowest BCUT2D eigenvalue weighted by atomic mass is 10.0. The van der Waals surface area contributed by atoms with Gasteiger partial charge in [0, 0.05) is 12.3 Å². The molecule has 0 unspecified atom stereocenters. The molecule has 2 rings (SSSR count). The van der Waals surface area contributed by atoms with Gasteiger partial charge in [-0.25, -0.2) is 0 Å². The van der Waals surface area contributed by atoms with Crippen molar-refractivity contribution in [2.24, 2.45) is 10.2 Å². The Balaban J connectivity index is 1.84. The lowest BCUT2D eigenvalue weighted by molar-refractivity contribution is 0.299. The Morgan fingerprint density at radius 1 is 0.742 bits per heavy atom. The largest absolute Gasteiger partial charge is 0.398 e. The van der Waals surface area contributed by atoms with Crippen LogP contribution in [0.15, 0.2) is 46.6 Å². The van der Waals surface area contributed by atoms with Gasteiger partial charge in [-0.05, 0) is 61.1 Å². The van der Waals surface area contributed by atoms with Gasteiger partial charge in [0.1, 0.15) is 0 Å². The number of unbranched alkanes of at least 4 members (excludes halogenated alkanes) is 9. The molecule has 0 bridgehead atoms. The Kier molecular flexibility index (Phi) is 11.9. The summed E-state index contributed by atoms with van der Waals surface area (Å²) in [7, 11) is 0. The molecule has 0 fully saturated rings. The fraction of sp³-hybridized carbons (Fsp3) is 0.556. The summed E-state index contributed by atoms with van der Waals surface area (Å²) >= 11 is 0. The molecule has 2 aromatic carbocycles. The number of aliphatic hydroxyl groups is 1. The number of benzene rings is 2. The first-order valence-electron chi connectivity index (χ1n) is 12.2. The summed E-state index contributed by atoms with van der Waals surface area (Å²) in [5.41, 5.74) is 11.7. The highest BCUT2D eigenvalue weighted by Gasteiger charge is 2.08. The van der Waals surface area contributed by atoms with Crippen LogP contribution in [-0.4, -0.2) is 11.7 Å². The molecule has 0 heterocycles. The minimum atomic E-state index is 0.0767. The topological polar surface area (TPSA) is 71.0 Å². The smallest absolute Gasteiger partial charge is 0.0890 e. The Morgan fingerprint density at radius 3 is 2.03 bits per heavy atom. The molecule has 0 aliphatic rings. The minimum Gasteiger partial charge on any atom is -0.398 e. The van der Waals surface area contributed by atoms with Gasteiger partial charge in [-0.1, -0.05) is 82.9 Å². The van der Waals surface area contributed by atoms with Gasteiger partial charge < -0.3 is 10.8 Å². The summed E-state index contributed by atoms with van der Waals surface area (Å²) in [6.07, 6.45) is 15.0. The molecule has 0 amide bonds. The number of aryl methyl sites for hydroxylation is 1. The van der Waals surface area contributed by atoms with Crippen molar-refractivity contribution in [2.45, 2.75) is 90.9 Å². The number of nitrogen functional groups attached to an aromatic ring is 1. The van der Waals surface area contributed by atoms with Crippen molar-refractivity contribution in [2.75, 3.05) is 12.3 Å². The van der Waals surface area contributed by atoms with Crippen molar-refractivity contribution in [1.29, 1.82) is 0 Å². The molecule has 0 aromatic heterocycles. The third-order valence-electron chi connectivity index (χ3n) is 6.02. The molecule has 4 nitrogen and oxygen atoms in total. The molecule has 3 N–H and O–H groups in total. The van der Waals surface area contributed by atoms with Crippen LogP contribution in [0.3, 0.4) is 0 Å². The van der Waals surface area contributed by atoms with Crippen LogP contribution in [0.1, 0.15) is 87.8 Å². The van der Waals surface area contributed by atoms with Crippen molar-refractivity contribution >= 4 is 17.1 Å². The van der Waals surface area contributed by atoms with Gasteiger partial charge in [-0.15, -0.1) is 0 Å². The molecule has 4 heteroatoms. The van der Waals surface area contributed by atoms with Crippen molar-refractivity contribution in [3.05, 3.63) is 53.1 Å². The van der Waals surface area contributed by atoms with E-state index >= 15 is 0 Å². The summed E-state index contributed by atoms with van der Waals surface area (Å²) in [5.74, 6) is 0. The van der Waals surface area contributed by atoms with E-state index in [-0.39, 0.29) is 6.61 Å². The number of azo groups is 1. The molecule has 2 aromatic rings. The Morgan fingerprint density at radius 2 is 1.35 bits per heavy atom. The first-order valence-corrected chi connectivity index (χ1v) is 12.2. The van der Waals surface area contributed by atoms with Crippen LogP contribution in [0.25, 0.3) is 0 Å². The quantitative estimate of drug-likeness (QED) is 0.173. The number of aliphatic hydroxyl groups excluding tert-OH is 1. The van der Waals surface area contributed by atoms with Gasteiger partial charge in [0.25, 0.3) is 0 Å². The van der Waals surface area contributed by atoms with Gasteiger partial charge in [0.2, 0.25) is 0 Å². The molecule has 31 heavy (non-hydrogen) atoms. The molecule has 0 radical (unpaired) electrons. The molecule has 0 spiro atoms.